The van der Waals surface area contributed by atoms with Gasteiger partial charge in [0.2, 0.25) is 8.38 Å². The predicted molar refractivity (Wildman–Crippen MR) is 76.8 cm³/mol. The second kappa shape index (κ2) is 6.98. The molecule has 104 valence electrons. The largest absolute Gasteiger partial charge is 0.482 e. The maximum absolute atomic E-state index is 8.93. The Bertz CT molecular complexity index is 578. The molecule has 0 heterocycles. The van der Waals surface area contributed by atoms with Gasteiger partial charge in [0, 0.05) is 5.69 Å². The summed E-state index contributed by atoms with van der Waals surface area (Å²) >= 11 is 0. The van der Waals surface area contributed by atoms with Crippen molar-refractivity contribution in [2.24, 2.45) is 0 Å². The molecule has 7 heteroatoms. The summed E-state index contributed by atoms with van der Waals surface area (Å²) in [6.07, 6.45) is 3.64. The molecule has 0 atom stereocenters. The lowest BCUT2D eigenvalue weighted by Gasteiger charge is -2.17. The van der Waals surface area contributed by atoms with Gasteiger partial charge in [-0.2, -0.15) is 4.79 Å². The summed E-state index contributed by atoms with van der Waals surface area (Å²) in [5.74, 6) is 0.406. The van der Waals surface area contributed by atoms with E-state index in [4.69, 9.17) is 20.1 Å². The van der Waals surface area contributed by atoms with Gasteiger partial charge in [-0.3, -0.25) is 0 Å². The van der Waals surface area contributed by atoms with E-state index in [1.807, 2.05) is 36.4 Å². The van der Waals surface area contributed by atoms with Crippen molar-refractivity contribution in [1.29, 1.82) is 0 Å². The molecule has 1 aromatic carbocycles. The fourth-order valence-corrected chi connectivity index (χ4v) is 1.96. The van der Waals surface area contributed by atoms with Crippen LogP contribution in [-0.4, -0.2) is 26.6 Å². The van der Waals surface area contributed by atoms with E-state index in [0.717, 1.165) is 5.69 Å². The van der Waals surface area contributed by atoms with Crippen LogP contribution in [0, 0.1) is 0 Å². The Balaban J connectivity index is 2.15. The number of nitrogens with one attached hydrogen (secondary N) is 1. The number of anilines is 1. The third kappa shape index (κ3) is 4.02. The number of rotatable bonds is 5. The van der Waals surface area contributed by atoms with E-state index in [1.54, 1.807) is 6.08 Å². The molecule has 1 aromatic rings. The zero-order chi connectivity index (χ0) is 14.4. The first-order chi connectivity index (χ1) is 9.69. The Labute approximate surface area is 117 Å². The number of benzene rings is 1. The van der Waals surface area contributed by atoms with Gasteiger partial charge in [-0.1, -0.05) is 18.2 Å². The maximum Gasteiger partial charge on any atom is 0.299 e. The van der Waals surface area contributed by atoms with Crippen LogP contribution in [0.1, 0.15) is 6.42 Å². The lowest BCUT2D eigenvalue weighted by Crippen LogP contribution is -2.13. The lowest BCUT2D eigenvalue weighted by molar-refractivity contribution is -0.00578. The van der Waals surface area contributed by atoms with Gasteiger partial charge >= 0.3 is 0 Å². The molecule has 1 aliphatic rings. The third-order valence-electron chi connectivity index (χ3n) is 2.60. The number of ether oxygens (including phenoxy) is 1. The lowest BCUT2D eigenvalue weighted by atomic mass is 10.1. The third-order valence-corrected chi connectivity index (χ3v) is 2.96. The summed E-state index contributed by atoms with van der Waals surface area (Å²) < 4.78 is 5.33. The van der Waals surface area contributed by atoms with Crippen LogP contribution in [0.2, 0.25) is 0 Å². The van der Waals surface area contributed by atoms with Gasteiger partial charge in [-0.15, -0.1) is 0 Å². The minimum Gasteiger partial charge on any atom is -0.482 e. The number of hydrogen-bond donors (Lipinski definition) is 3. The summed E-state index contributed by atoms with van der Waals surface area (Å²) in [5, 5.41) is 3.17. The smallest absolute Gasteiger partial charge is 0.299 e. The topological polar surface area (TPSA) is 98.1 Å². The second-order valence-corrected chi connectivity index (χ2v) is 5.06. The molecule has 0 saturated carbocycles. The van der Waals surface area contributed by atoms with Crippen LogP contribution in [-0.2, 0) is 4.74 Å². The normalized spacial score (nSPS) is 14.4. The molecule has 0 saturated heterocycles. The zero-order valence-electron chi connectivity index (χ0n) is 10.6. The van der Waals surface area contributed by atoms with E-state index >= 15 is 0 Å². The molecule has 0 unspecified atom stereocenters. The highest BCUT2D eigenvalue weighted by Crippen LogP contribution is 2.27. The maximum atomic E-state index is 8.93. The Kier molecular flexibility index (Phi) is 5.04. The van der Waals surface area contributed by atoms with Crippen LogP contribution in [0.3, 0.4) is 0 Å². The Hall–Kier alpha value is -1.97. The van der Waals surface area contributed by atoms with Gasteiger partial charge < -0.3 is 25.4 Å². The minimum absolute atomic E-state index is 0.201. The number of hydrogen-bond acceptors (Lipinski definition) is 4. The van der Waals surface area contributed by atoms with Crippen molar-refractivity contribution in [3.8, 4) is 0 Å². The van der Waals surface area contributed by atoms with E-state index in [0.29, 0.717) is 23.6 Å². The Morgan fingerprint density at radius 1 is 1.30 bits per heavy atom. The molecule has 3 N–H and O–H groups in total. The predicted octanol–water partition coefficient (Wildman–Crippen LogP) is 2.21. The summed E-state index contributed by atoms with van der Waals surface area (Å²) in [6.45, 7) is 0. The van der Waals surface area contributed by atoms with Crippen LogP contribution in [0.25, 0.3) is 5.53 Å². The summed E-state index contributed by atoms with van der Waals surface area (Å²) in [7, 11) is -2.14. The minimum atomic E-state index is -2.14. The molecule has 1 aliphatic carbocycles. The van der Waals surface area contributed by atoms with E-state index < -0.39 is 8.38 Å². The summed E-state index contributed by atoms with van der Waals surface area (Å²) in [4.78, 5) is 21.0. The van der Waals surface area contributed by atoms with Crippen molar-refractivity contribution in [2.75, 3.05) is 11.7 Å². The van der Waals surface area contributed by atoms with Crippen LogP contribution < -0.4 is 5.32 Å². The molecule has 20 heavy (non-hydrogen) atoms. The monoisotopic (exact) mass is 291 g/mol. The van der Waals surface area contributed by atoms with Crippen LogP contribution in [0.4, 0.5) is 5.69 Å². The average Bonchev–Trinajstić information content (AvgIpc) is 2.47. The number of allylic oxidation sites excluding steroid dienone is 2. The summed E-state index contributed by atoms with van der Waals surface area (Å²) in [5.41, 5.74) is 10.8. The molecule has 0 amide bonds. The summed E-state index contributed by atoms with van der Waals surface area (Å²) in [6, 6.07) is 9.52. The van der Waals surface area contributed by atoms with Gasteiger partial charge in [0.15, 0.2) is 12.1 Å². The van der Waals surface area contributed by atoms with Crippen molar-refractivity contribution in [2.45, 2.75) is 6.42 Å². The second-order valence-electron chi connectivity index (χ2n) is 4.06. The quantitative estimate of drug-likeness (QED) is 0.440. The first-order valence-electron chi connectivity index (χ1n) is 5.92. The van der Waals surface area contributed by atoms with Crippen molar-refractivity contribution >= 4 is 19.8 Å². The zero-order valence-corrected chi connectivity index (χ0v) is 11.5. The fraction of sp³-hybridized carbons (Fsp3) is 0.154. The molecule has 2 rings (SSSR count). The molecule has 0 fully saturated rings. The molecule has 0 radical (unpaired) electrons. The van der Waals surface area contributed by atoms with Crippen molar-refractivity contribution in [1.82, 2.24) is 0 Å². The Morgan fingerprint density at radius 3 is 2.70 bits per heavy atom. The average molecular weight is 291 g/mol. The SMILES string of the molecule is [N-]=[N+]=C1C=C(OCP(O)O)C(Nc2ccccc2)=CC1. The number of nitrogens with zero attached hydrogens (tertiary/aromatic N) is 2. The van der Waals surface area contributed by atoms with Crippen LogP contribution in [0.5, 0.6) is 0 Å². The Morgan fingerprint density at radius 2 is 2.05 bits per heavy atom. The number of para-hydroxylation sites is 1. The molecule has 0 aromatic heterocycles. The first-order valence-corrected chi connectivity index (χ1v) is 7.35. The molecular weight excluding hydrogens is 277 g/mol. The van der Waals surface area contributed by atoms with Crippen LogP contribution >= 0.6 is 8.38 Å². The highest BCUT2D eigenvalue weighted by Gasteiger charge is 2.19. The highest BCUT2D eigenvalue weighted by molar-refractivity contribution is 7.44. The fourth-order valence-electron chi connectivity index (χ4n) is 1.70. The van der Waals surface area contributed by atoms with E-state index in [9.17, 15) is 0 Å². The van der Waals surface area contributed by atoms with E-state index in [-0.39, 0.29) is 6.35 Å². The highest BCUT2D eigenvalue weighted by atomic mass is 31.2. The molecule has 0 bridgehead atoms. The van der Waals surface area contributed by atoms with Crippen molar-refractivity contribution in [3.05, 3.63) is 59.5 Å². The van der Waals surface area contributed by atoms with Gasteiger partial charge in [0.05, 0.1) is 18.2 Å². The van der Waals surface area contributed by atoms with E-state index in [1.165, 1.54) is 0 Å². The molecule has 6 nitrogen and oxygen atoms in total. The van der Waals surface area contributed by atoms with Gasteiger partial charge in [0.25, 0.3) is 5.71 Å². The van der Waals surface area contributed by atoms with Gasteiger partial charge in [0.1, 0.15) is 0 Å². The molecular formula is C13H14N3O3P. The van der Waals surface area contributed by atoms with Gasteiger partial charge in [-0.25, -0.2) is 0 Å². The van der Waals surface area contributed by atoms with Crippen molar-refractivity contribution in [3.63, 3.8) is 0 Å². The van der Waals surface area contributed by atoms with Crippen LogP contribution in [0.15, 0.2) is 53.9 Å². The first kappa shape index (κ1) is 14.4. The molecule has 0 spiro atoms. The van der Waals surface area contributed by atoms with E-state index in [2.05, 4.69) is 10.1 Å². The van der Waals surface area contributed by atoms with Gasteiger partial charge in [-0.05, 0) is 18.2 Å². The van der Waals surface area contributed by atoms with Crippen molar-refractivity contribution < 1.29 is 19.3 Å². The molecule has 0 aliphatic heterocycles. The standard InChI is InChI=1S/C13H14N3O3P/c14-16-11-6-7-12(13(8-11)19-9-20(17)18)15-10-4-2-1-3-5-10/h1-5,7-8,15,17-18H,6,9H2.